The largest absolute Gasteiger partial charge is 0.461 e. The topological polar surface area (TPSA) is 47.4 Å². The number of carbonyl (C=O) groups excluding carboxylic acids is 1. The zero-order valence-corrected chi connectivity index (χ0v) is 10.5. The van der Waals surface area contributed by atoms with Crippen LogP contribution in [-0.4, -0.2) is 47.9 Å². The monoisotopic (exact) mass is 245 g/mol. The lowest BCUT2D eigenvalue weighted by Crippen LogP contribution is -2.22. The molecule has 0 amide bonds. The SMILES string of the molecule is CCOC(=O)c1c(Cl)cnn1CCN(C)C. The van der Waals surface area contributed by atoms with Crippen LogP contribution in [0, 0.1) is 0 Å². The van der Waals surface area contributed by atoms with E-state index in [9.17, 15) is 4.79 Å². The second-order valence-electron chi connectivity index (χ2n) is 3.59. The molecule has 1 heterocycles. The Morgan fingerprint density at radius 2 is 2.31 bits per heavy atom. The zero-order valence-electron chi connectivity index (χ0n) is 9.73. The molecule has 0 saturated heterocycles. The van der Waals surface area contributed by atoms with Crippen LogP contribution in [-0.2, 0) is 11.3 Å². The molecule has 0 atom stereocenters. The minimum Gasteiger partial charge on any atom is -0.461 e. The van der Waals surface area contributed by atoms with Crippen molar-refractivity contribution in [3.8, 4) is 0 Å². The number of rotatable bonds is 5. The second-order valence-corrected chi connectivity index (χ2v) is 4.00. The van der Waals surface area contributed by atoms with Crippen molar-refractivity contribution < 1.29 is 9.53 Å². The predicted molar refractivity (Wildman–Crippen MR) is 61.7 cm³/mol. The average Bonchev–Trinajstić information content (AvgIpc) is 2.57. The quantitative estimate of drug-likeness (QED) is 0.733. The molecule has 0 spiro atoms. The van der Waals surface area contributed by atoms with Crippen LogP contribution in [0.15, 0.2) is 6.20 Å². The van der Waals surface area contributed by atoms with E-state index in [2.05, 4.69) is 5.10 Å². The Morgan fingerprint density at radius 1 is 1.62 bits per heavy atom. The fourth-order valence-corrected chi connectivity index (χ4v) is 1.45. The highest BCUT2D eigenvalue weighted by Crippen LogP contribution is 2.16. The van der Waals surface area contributed by atoms with Gasteiger partial charge >= 0.3 is 5.97 Å². The number of aromatic nitrogens is 2. The van der Waals surface area contributed by atoms with Crippen LogP contribution in [0.4, 0.5) is 0 Å². The van der Waals surface area contributed by atoms with Gasteiger partial charge in [0.05, 0.1) is 24.4 Å². The molecule has 0 unspecified atom stereocenters. The maximum atomic E-state index is 11.6. The van der Waals surface area contributed by atoms with E-state index in [1.807, 2.05) is 19.0 Å². The van der Waals surface area contributed by atoms with Crippen LogP contribution >= 0.6 is 11.6 Å². The molecule has 0 fully saturated rings. The van der Waals surface area contributed by atoms with Gasteiger partial charge in [-0.2, -0.15) is 5.10 Å². The third-order valence-corrected chi connectivity index (χ3v) is 2.30. The number of likely N-dealkylation sites (N-methyl/N-ethyl adjacent to an activating group) is 1. The molecule has 0 N–H and O–H groups in total. The molecule has 90 valence electrons. The predicted octanol–water partition coefficient (Wildman–Crippen LogP) is 1.27. The number of halogens is 1. The van der Waals surface area contributed by atoms with Gasteiger partial charge in [-0.15, -0.1) is 0 Å². The van der Waals surface area contributed by atoms with Crippen molar-refractivity contribution in [2.24, 2.45) is 0 Å². The van der Waals surface area contributed by atoms with E-state index in [1.165, 1.54) is 6.20 Å². The Balaban J connectivity index is 2.81. The lowest BCUT2D eigenvalue weighted by molar-refractivity contribution is 0.0511. The van der Waals surface area contributed by atoms with Gasteiger partial charge in [-0.25, -0.2) is 4.79 Å². The number of esters is 1. The maximum Gasteiger partial charge on any atom is 0.358 e. The van der Waals surface area contributed by atoms with Crippen molar-refractivity contribution in [2.45, 2.75) is 13.5 Å². The minimum absolute atomic E-state index is 0.324. The summed E-state index contributed by atoms with van der Waals surface area (Å²) in [6, 6.07) is 0. The van der Waals surface area contributed by atoms with Gasteiger partial charge in [0.1, 0.15) is 0 Å². The lowest BCUT2D eigenvalue weighted by Gasteiger charge is -2.11. The Kier molecular flexibility index (Phi) is 4.76. The van der Waals surface area contributed by atoms with Gasteiger partial charge in [-0.1, -0.05) is 11.6 Å². The molecule has 0 saturated carbocycles. The fraction of sp³-hybridized carbons (Fsp3) is 0.600. The van der Waals surface area contributed by atoms with E-state index < -0.39 is 5.97 Å². The summed E-state index contributed by atoms with van der Waals surface area (Å²) in [5.74, 6) is -0.427. The highest BCUT2D eigenvalue weighted by atomic mass is 35.5. The van der Waals surface area contributed by atoms with E-state index in [-0.39, 0.29) is 0 Å². The Bertz CT molecular complexity index is 363. The molecule has 6 heteroatoms. The summed E-state index contributed by atoms with van der Waals surface area (Å²) >= 11 is 5.89. The number of ether oxygens (including phenoxy) is 1. The Labute approximate surface area is 99.9 Å². The summed E-state index contributed by atoms with van der Waals surface area (Å²) in [5, 5.41) is 4.38. The molecule has 0 aliphatic carbocycles. The fourth-order valence-electron chi connectivity index (χ4n) is 1.23. The van der Waals surface area contributed by atoms with E-state index in [1.54, 1.807) is 11.6 Å². The van der Waals surface area contributed by atoms with E-state index in [0.29, 0.717) is 23.9 Å². The summed E-state index contributed by atoms with van der Waals surface area (Å²) in [6.45, 7) is 3.47. The Morgan fingerprint density at radius 3 is 2.88 bits per heavy atom. The van der Waals surface area contributed by atoms with Crippen molar-refractivity contribution in [2.75, 3.05) is 27.2 Å². The minimum atomic E-state index is -0.427. The first-order valence-corrected chi connectivity index (χ1v) is 5.47. The van der Waals surface area contributed by atoms with Gasteiger partial charge in [0.2, 0.25) is 0 Å². The molecule has 1 rings (SSSR count). The summed E-state index contributed by atoms with van der Waals surface area (Å²) in [5.41, 5.74) is 0.324. The van der Waals surface area contributed by atoms with Gasteiger partial charge in [0.15, 0.2) is 5.69 Å². The van der Waals surface area contributed by atoms with Gasteiger partial charge in [-0.3, -0.25) is 4.68 Å². The van der Waals surface area contributed by atoms with Crippen LogP contribution in [0.25, 0.3) is 0 Å². The molecule has 1 aromatic rings. The van der Waals surface area contributed by atoms with E-state index in [0.717, 1.165) is 6.54 Å². The molecular formula is C10H16ClN3O2. The molecule has 0 aliphatic rings. The summed E-state index contributed by atoms with van der Waals surface area (Å²) in [7, 11) is 3.91. The molecule has 0 aliphatic heterocycles. The van der Waals surface area contributed by atoms with Crippen LogP contribution < -0.4 is 0 Å². The standard InChI is InChI=1S/C10H16ClN3O2/c1-4-16-10(15)9-8(11)7-12-14(9)6-5-13(2)3/h7H,4-6H2,1-3H3. The van der Waals surface area contributed by atoms with Gasteiger partial charge in [0.25, 0.3) is 0 Å². The zero-order chi connectivity index (χ0) is 12.1. The highest BCUT2D eigenvalue weighted by Gasteiger charge is 2.18. The van der Waals surface area contributed by atoms with Crippen molar-refractivity contribution in [3.63, 3.8) is 0 Å². The normalized spacial score (nSPS) is 10.8. The first-order valence-electron chi connectivity index (χ1n) is 5.09. The average molecular weight is 246 g/mol. The number of carbonyl (C=O) groups is 1. The molecule has 5 nitrogen and oxygen atoms in total. The smallest absolute Gasteiger partial charge is 0.358 e. The molecule has 0 bridgehead atoms. The third kappa shape index (κ3) is 3.21. The van der Waals surface area contributed by atoms with Gasteiger partial charge in [0, 0.05) is 6.54 Å². The van der Waals surface area contributed by atoms with Crippen molar-refractivity contribution in [1.29, 1.82) is 0 Å². The van der Waals surface area contributed by atoms with Crippen molar-refractivity contribution >= 4 is 17.6 Å². The first-order chi connectivity index (χ1) is 7.56. The maximum absolute atomic E-state index is 11.6. The van der Waals surface area contributed by atoms with Crippen LogP contribution in [0.1, 0.15) is 17.4 Å². The summed E-state index contributed by atoms with van der Waals surface area (Å²) in [4.78, 5) is 13.6. The molecule has 16 heavy (non-hydrogen) atoms. The van der Waals surface area contributed by atoms with Crippen LogP contribution in [0.2, 0.25) is 5.02 Å². The van der Waals surface area contributed by atoms with Crippen LogP contribution in [0.5, 0.6) is 0 Å². The molecule has 1 aromatic heterocycles. The molecule has 0 aromatic carbocycles. The number of hydrogen-bond acceptors (Lipinski definition) is 4. The van der Waals surface area contributed by atoms with E-state index in [4.69, 9.17) is 16.3 Å². The second kappa shape index (κ2) is 5.86. The Hall–Kier alpha value is -1.07. The number of hydrogen-bond donors (Lipinski definition) is 0. The third-order valence-electron chi connectivity index (χ3n) is 2.02. The summed E-state index contributed by atoms with van der Waals surface area (Å²) < 4.78 is 6.49. The summed E-state index contributed by atoms with van der Waals surface area (Å²) in [6.07, 6.45) is 1.46. The number of nitrogens with zero attached hydrogens (tertiary/aromatic N) is 3. The van der Waals surface area contributed by atoms with Crippen molar-refractivity contribution in [1.82, 2.24) is 14.7 Å². The van der Waals surface area contributed by atoms with Gasteiger partial charge < -0.3 is 9.64 Å². The molecular weight excluding hydrogens is 230 g/mol. The van der Waals surface area contributed by atoms with Crippen LogP contribution in [0.3, 0.4) is 0 Å². The van der Waals surface area contributed by atoms with Gasteiger partial charge in [-0.05, 0) is 21.0 Å². The lowest BCUT2D eigenvalue weighted by atomic mass is 10.4. The van der Waals surface area contributed by atoms with E-state index >= 15 is 0 Å². The van der Waals surface area contributed by atoms with Crippen molar-refractivity contribution in [3.05, 3.63) is 16.9 Å². The first kappa shape index (κ1) is 13.0. The molecule has 0 radical (unpaired) electrons. The highest BCUT2D eigenvalue weighted by molar-refractivity contribution is 6.33.